The fourth-order valence-corrected chi connectivity index (χ4v) is 4.60. The first-order chi connectivity index (χ1) is 16.7. The molecule has 1 saturated heterocycles. The zero-order valence-electron chi connectivity index (χ0n) is 21.2. The van der Waals surface area contributed by atoms with Crippen LogP contribution in [-0.2, 0) is 29.2 Å². The number of ether oxygens (including phenoxy) is 3. The van der Waals surface area contributed by atoms with Crippen molar-refractivity contribution in [3.8, 4) is 0 Å². The summed E-state index contributed by atoms with van der Waals surface area (Å²) in [5.41, 5.74) is -1.61. The van der Waals surface area contributed by atoms with Crippen molar-refractivity contribution in [2.75, 3.05) is 16.8 Å². The van der Waals surface area contributed by atoms with Crippen molar-refractivity contribution in [2.45, 2.75) is 64.1 Å². The molecule has 2 atom stereocenters. The van der Waals surface area contributed by atoms with E-state index in [2.05, 4.69) is 5.32 Å². The second-order valence-electron chi connectivity index (χ2n) is 10.9. The number of benzene rings is 2. The molecule has 1 fully saturated rings. The number of fused-ring (bicyclic) bond motifs is 2. The van der Waals surface area contributed by atoms with Crippen LogP contribution >= 0.6 is 0 Å². The highest BCUT2D eigenvalue weighted by Crippen LogP contribution is 2.54. The summed E-state index contributed by atoms with van der Waals surface area (Å²) >= 11 is 0. The second kappa shape index (κ2) is 8.65. The summed E-state index contributed by atoms with van der Waals surface area (Å²) < 4.78 is 16.4. The number of nitrogens with one attached hydrogen (secondary N) is 1. The molecule has 2 heterocycles. The van der Waals surface area contributed by atoms with E-state index in [1.54, 1.807) is 90.1 Å². The number of cyclic esters (lactones) is 1. The summed E-state index contributed by atoms with van der Waals surface area (Å²) in [6, 6.07) is 13.4. The van der Waals surface area contributed by atoms with Gasteiger partial charge in [0.15, 0.2) is 0 Å². The van der Waals surface area contributed by atoms with Crippen molar-refractivity contribution >= 4 is 35.4 Å². The highest BCUT2D eigenvalue weighted by molar-refractivity contribution is 6.23. The average Bonchev–Trinajstić information content (AvgIpc) is 3.21. The van der Waals surface area contributed by atoms with E-state index < -0.39 is 46.6 Å². The van der Waals surface area contributed by atoms with Crippen molar-refractivity contribution in [1.82, 2.24) is 0 Å². The molecule has 9 heteroatoms. The molecule has 0 saturated carbocycles. The van der Waals surface area contributed by atoms with Gasteiger partial charge in [0.2, 0.25) is 0 Å². The van der Waals surface area contributed by atoms with E-state index in [1.807, 2.05) is 0 Å². The lowest BCUT2D eigenvalue weighted by Gasteiger charge is -2.29. The van der Waals surface area contributed by atoms with E-state index in [0.29, 0.717) is 22.5 Å². The number of amides is 3. The largest absolute Gasteiger partial charge is 0.464 e. The highest BCUT2D eigenvalue weighted by atomic mass is 16.6. The maximum absolute atomic E-state index is 14.0. The number of esters is 1. The first-order valence-corrected chi connectivity index (χ1v) is 11.7. The molecule has 2 aliphatic rings. The van der Waals surface area contributed by atoms with Gasteiger partial charge < -0.3 is 14.2 Å². The third-order valence-electron chi connectivity index (χ3n) is 5.86. The van der Waals surface area contributed by atoms with E-state index in [-0.39, 0.29) is 6.61 Å². The third-order valence-corrected chi connectivity index (χ3v) is 5.86. The molecule has 1 spiro atoms. The third kappa shape index (κ3) is 4.41. The van der Waals surface area contributed by atoms with Crippen molar-refractivity contribution in [1.29, 1.82) is 0 Å². The number of imide groups is 1. The maximum atomic E-state index is 14.0. The van der Waals surface area contributed by atoms with Gasteiger partial charge in [0.05, 0.1) is 5.69 Å². The number of anilines is 2. The number of para-hydroxylation sites is 2. The fraction of sp³-hybridized carbons (Fsp3) is 0.407. The maximum Gasteiger partial charge on any atom is 0.421 e. The Morgan fingerprint density at radius 1 is 0.944 bits per heavy atom. The van der Waals surface area contributed by atoms with Crippen LogP contribution < -0.4 is 10.2 Å². The fourth-order valence-electron chi connectivity index (χ4n) is 4.60. The number of hydrogen-bond acceptors (Lipinski definition) is 7. The zero-order chi connectivity index (χ0) is 26.5. The Kier molecular flexibility index (Phi) is 6.06. The molecule has 0 radical (unpaired) electrons. The van der Waals surface area contributed by atoms with E-state index in [4.69, 9.17) is 14.2 Å². The molecule has 4 rings (SSSR count). The van der Waals surface area contributed by atoms with E-state index in [1.165, 1.54) is 0 Å². The van der Waals surface area contributed by atoms with E-state index in [9.17, 15) is 19.2 Å². The Balaban J connectivity index is 1.81. The number of carbonyl (C=O) groups excluding carboxylic acids is 4. The molecule has 2 unspecified atom stereocenters. The Hall–Kier alpha value is -3.88. The molecule has 2 aliphatic heterocycles. The predicted octanol–water partition coefficient (Wildman–Crippen LogP) is 4.89. The molecule has 2 aromatic rings. The van der Waals surface area contributed by atoms with Crippen LogP contribution in [0.1, 0.15) is 58.6 Å². The Bertz CT molecular complexity index is 1240. The SMILES string of the molecule is CC(C)(C)OC(=O)Nc1ccccc1C1C(=O)OCC12C(=O)N(C(=O)OC(C)(C)C)c1ccccc12. The van der Waals surface area contributed by atoms with Crippen molar-refractivity contribution in [3.05, 3.63) is 59.7 Å². The van der Waals surface area contributed by atoms with Gasteiger partial charge in [-0.15, -0.1) is 0 Å². The standard InChI is InChI=1S/C27H30N2O7/c1-25(2,3)35-23(32)28-18-13-9-7-11-16(18)20-21(30)34-15-27(20)17-12-8-10-14-19(17)29(22(27)31)24(33)36-26(4,5)6/h7-14,20H,15H2,1-6H3,(H,28,32). The van der Waals surface area contributed by atoms with E-state index in [0.717, 1.165) is 4.90 Å². The normalized spacial score (nSPS) is 21.3. The lowest BCUT2D eigenvalue weighted by molar-refractivity contribution is -0.139. The molecule has 36 heavy (non-hydrogen) atoms. The number of carbonyl (C=O) groups is 4. The Morgan fingerprint density at radius 3 is 2.22 bits per heavy atom. The van der Waals surface area contributed by atoms with E-state index >= 15 is 0 Å². The van der Waals surface area contributed by atoms with Crippen molar-refractivity contribution in [3.63, 3.8) is 0 Å². The molecule has 9 nitrogen and oxygen atoms in total. The summed E-state index contributed by atoms with van der Waals surface area (Å²) in [4.78, 5) is 53.9. The zero-order valence-corrected chi connectivity index (χ0v) is 21.2. The molecule has 0 bridgehead atoms. The molecular formula is C27H30N2O7. The summed E-state index contributed by atoms with van der Waals surface area (Å²) in [6.07, 6.45) is -1.54. The van der Waals surface area contributed by atoms with Crippen LogP contribution in [0, 0.1) is 0 Å². The summed E-state index contributed by atoms with van der Waals surface area (Å²) in [5, 5.41) is 2.69. The average molecular weight is 495 g/mol. The summed E-state index contributed by atoms with van der Waals surface area (Å²) in [7, 11) is 0. The Morgan fingerprint density at radius 2 is 1.56 bits per heavy atom. The quantitative estimate of drug-likeness (QED) is 0.467. The predicted molar refractivity (Wildman–Crippen MR) is 132 cm³/mol. The molecule has 1 N–H and O–H groups in total. The Labute approximate surface area is 209 Å². The van der Waals surface area contributed by atoms with Crippen LogP contribution in [-0.4, -0.2) is 41.9 Å². The van der Waals surface area contributed by atoms with Crippen LogP contribution in [0.4, 0.5) is 21.0 Å². The molecule has 2 aromatic carbocycles. The van der Waals surface area contributed by atoms with Gasteiger partial charge in [-0.3, -0.25) is 14.9 Å². The molecule has 0 aliphatic carbocycles. The minimum atomic E-state index is -1.52. The van der Waals surface area contributed by atoms with Crippen LogP contribution in [0.3, 0.4) is 0 Å². The topological polar surface area (TPSA) is 111 Å². The number of hydrogen-bond donors (Lipinski definition) is 1. The number of rotatable bonds is 2. The minimum absolute atomic E-state index is 0.258. The summed E-state index contributed by atoms with van der Waals surface area (Å²) in [5.74, 6) is -2.38. The van der Waals surface area contributed by atoms with Gasteiger partial charge in [0, 0.05) is 5.69 Å². The second-order valence-corrected chi connectivity index (χ2v) is 10.9. The smallest absolute Gasteiger partial charge is 0.421 e. The summed E-state index contributed by atoms with van der Waals surface area (Å²) in [6.45, 7) is 10.1. The van der Waals surface area contributed by atoms with Gasteiger partial charge in [-0.1, -0.05) is 36.4 Å². The number of nitrogens with zero attached hydrogens (tertiary/aromatic N) is 1. The monoisotopic (exact) mass is 494 g/mol. The van der Waals surface area contributed by atoms with Crippen LogP contribution in [0.25, 0.3) is 0 Å². The van der Waals surface area contributed by atoms with Crippen molar-refractivity contribution in [2.24, 2.45) is 0 Å². The first kappa shape index (κ1) is 25.2. The molecule has 0 aromatic heterocycles. The van der Waals surface area contributed by atoms with Gasteiger partial charge in [0.25, 0.3) is 5.91 Å². The molecular weight excluding hydrogens is 464 g/mol. The van der Waals surface area contributed by atoms with Gasteiger partial charge >= 0.3 is 18.2 Å². The van der Waals surface area contributed by atoms with Gasteiger partial charge in [0.1, 0.15) is 29.1 Å². The van der Waals surface area contributed by atoms with Gasteiger partial charge in [-0.2, -0.15) is 0 Å². The molecule has 3 amide bonds. The van der Waals surface area contributed by atoms with Crippen molar-refractivity contribution < 1.29 is 33.4 Å². The first-order valence-electron chi connectivity index (χ1n) is 11.7. The lowest BCUT2D eigenvalue weighted by atomic mass is 9.70. The van der Waals surface area contributed by atoms with Gasteiger partial charge in [-0.05, 0) is 64.8 Å². The lowest BCUT2D eigenvalue weighted by Crippen LogP contribution is -2.48. The van der Waals surface area contributed by atoms with Crippen LogP contribution in [0.5, 0.6) is 0 Å². The molecule has 190 valence electrons. The minimum Gasteiger partial charge on any atom is -0.464 e. The highest BCUT2D eigenvalue weighted by Gasteiger charge is 2.65. The van der Waals surface area contributed by atoms with Crippen LogP contribution in [0.15, 0.2) is 48.5 Å². The van der Waals surface area contributed by atoms with Crippen LogP contribution in [0.2, 0.25) is 0 Å². The van der Waals surface area contributed by atoms with Gasteiger partial charge in [-0.25, -0.2) is 14.5 Å².